The minimum Gasteiger partial charge on any atom is -0.493 e. The summed E-state index contributed by atoms with van der Waals surface area (Å²) in [5, 5.41) is 12.2. The van der Waals surface area contributed by atoms with Crippen LogP contribution in [0.2, 0.25) is 0 Å². The van der Waals surface area contributed by atoms with E-state index in [0.717, 1.165) is 5.56 Å². The number of benzene rings is 1. The van der Waals surface area contributed by atoms with Gasteiger partial charge in [0, 0.05) is 12.7 Å². The molecule has 0 fully saturated rings. The van der Waals surface area contributed by atoms with Crippen LogP contribution >= 0.6 is 0 Å². The van der Waals surface area contributed by atoms with Gasteiger partial charge in [0.1, 0.15) is 11.9 Å². The molecule has 0 aliphatic carbocycles. The molecule has 6 nitrogen and oxygen atoms in total. The maximum absolute atomic E-state index is 9.06. The van der Waals surface area contributed by atoms with E-state index in [9.17, 15) is 0 Å². The summed E-state index contributed by atoms with van der Waals surface area (Å²) < 4.78 is 15.9. The van der Waals surface area contributed by atoms with E-state index in [4.69, 9.17) is 19.5 Å². The van der Waals surface area contributed by atoms with Crippen molar-refractivity contribution in [1.82, 2.24) is 4.98 Å². The third kappa shape index (κ3) is 3.20. The third-order valence-electron chi connectivity index (χ3n) is 3.11. The molecule has 0 atom stereocenters. The molecule has 0 radical (unpaired) electrons. The predicted molar refractivity (Wildman–Crippen MR) is 82.4 cm³/mol. The van der Waals surface area contributed by atoms with E-state index in [2.05, 4.69) is 16.4 Å². The monoisotopic (exact) mass is 299 g/mol. The minimum atomic E-state index is 0.475. The highest BCUT2D eigenvalue weighted by molar-refractivity contribution is 5.55. The second-order valence-electron chi connectivity index (χ2n) is 4.40. The first-order valence-electron chi connectivity index (χ1n) is 6.61. The molecule has 0 bridgehead atoms. The molecule has 2 rings (SSSR count). The summed E-state index contributed by atoms with van der Waals surface area (Å²) in [5.41, 5.74) is 1.42. The van der Waals surface area contributed by atoms with Crippen molar-refractivity contribution in [2.24, 2.45) is 0 Å². The molecule has 114 valence electrons. The molecule has 2 aromatic rings. The zero-order valence-corrected chi connectivity index (χ0v) is 12.7. The Labute approximate surface area is 129 Å². The molecular weight excluding hydrogens is 282 g/mol. The van der Waals surface area contributed by atoms with Crippen LogP contribution in [0.5, 0.6) is 17.2 Å². The van der Waals surface area contributed by atoms with Gasteiger partial charge in [-0.2, -0.15) is 5.26 Å². The van der Waals surface area contributed by atoms with Crippen LogP contribution in [0.4, 0.5) is 5.82 Å². The van der Waals surface area contributed by atoms with Crippen molar-refractivity contribution in [2.45, 2.75) is 6.54 Å². The normalized spacial score (nSPS) is 9.73. The fourth-order valence-corrected chi connectivity index (χ4v) is 2.06. The summed E-state index contributed by atoms with van der Waals surface area (Å²) >= 11 is 0. The Morgan fingerprint density at radius 1 is 1.14 bits per heavy atom. The van der Waals surface area contributed by atoms with Crippen LogP contribution in [0.1, 0.15) is 11.1 Å². The van der Waals surface area contributed by atoms with E-state index in [1.54, 1.807) is 39.7 Å². The first-order valence-corrected chi connectivity index (χ1v) is 6.61. The highest BCUT2D eigenvalue weighted by atomic mass is 16.5. The number of pyridine rings is 1. The van der Waals surface area contributed by atoms with E-state index < -0.39 is 0 Å². The Morgan fingerprint density at radius 3 is 2.36 bits per heavy atom. The van der Waals surface area contributed by atoms with Crippen molar-refractivity contribution in [3.63, 3.8) is 0 Å². The lowest BCUT2D eigenvalue weighted by atomic mass is 10.1. The summed E-state index contributed by atoms with van der Waals surface area (Å²) in [7, 11) is 4.70. The molecule has 22 heavy (non-hydrogen) atoms. The number of methoxy groups -OCH3 is 3. The second-order valence-corrected chi connectivity index (χ2v) is 4.40. The third-order valence-corrected chi connectivity index (χ3v) is 3.11. The number of nitrogens with zero attached hydrogens (tertiary/aromatic N) is 2. The zero-order valence-electron chi connectivity index (χ0n) is 12.7. The quantitative estimate of drug-likeness (QED) is 0.883. The number of ether oxygens (including phenoxy) is 3. The number of aromatic nitrogens is 1. The van der Waals surface area contributed by atoms with Gasteiger partial charge in [-0.3, -0.25) is 0 Å². The number of nitrogens with one attached hydrogen (secondary N) is 1. The molecule has 0 unspecified atom stereocenters. The Bertz CT molecular complexity index is 670. The van der Waals surface area contributed by atoms with Gasteiger partial charge in [0.15, 0.2) is 11.5 Å². The second kappa shape index (κ2) is 7.18. The van der Waals surface area contributed by atoms with E-state index in [1.165, 1.54) is 0 Å². The molecule has 1 aromatic heterocycles. The number of hydrogen-bond acceptors (Lipinski definition) is 6. The van der Waals surface area contributed by atoms with Crippen LogP contribution in [-0.2, 0) is 6.54 Å². The van der Waals surface area contributed by atoms with Crippen LogP contribution in [0, 0.1) is 11.3 Å². The molecule has 1 aromatic carbocycles. The fraction of sp³-hybridized carbons (Fsp3) is 0.250. The van der Waals surface area contributed by atoms with Crippen LogP contribution in [0.15, 0.2) is 30.5 Å². The van der Waals surface area contributed by atoms with E-state index in [-0.39, 0.29) is 0 Å². The lowest BCUT2D eigenvalue weighted by Crippen LogP contribution is -2.04. The van der Waals surface area contributed by atoms with Gasteiger partial charge in [-0.05, 0) is 29.8 Å². The van der Waals surface area contributed by atoms with Crippen LogP contribution in [0.25, 0.3) is 0 Å². The summed E-state index contributed by atoms with van der Waals surface area (Å²) in [5.74, 6) is 2.25. The first-order chi connectivity index (χ1) is 10.7. The molecule has 0 amide bonds. The van der Waals surface area contributed by atoms with Gasteiger partial charge in [-0.25, -0.2) is 4.98 Å². The Morgan fingerprint density at radius 2 is 1.82 bits per heavy atom. The van der Waals surface area contributed by atoms with Gasteiger partial charge in [0.05, 0.1) is 26.9 Å². The standard InChI is InChI=1S/C16H17N3O3/c1-20-13-7-11(8-14(21-2)15(13)22-3)10-19-16-12(9-17)5-4-6-18-16/h4-8H,10H2,1-3H3,(H,18,19). The van der Waals surface area contributed by atoms with Crippen molar-refractivity contribution >= 4 is 5.82 Å². The lowest BCUT2D eigenvalue weighted by molar-refractivity contribution is 0.324. The average Bonchev–Trinajstić information content (AvgIpc) is 2.58. The summed E-state index contributed by atoms with van der Waals surface area (Å²) in [6, 6.07) is 9.24. The molecule has 1 heterocycles. The Hall–Kier alpha value is -2.94. The average molecular weight is 299 g/mol. The van der Waals surface area contributed by atoms with E-state index in [0.29, 0.717) is 35.2 Å². The lowest BCUT2D eigenvalue weighted by Gasteiger charge is -2.14. The number of hydrogen-bond donors (Lipinski definition) is 1. The zero-order chi connectivity index (χ0) is 15.9. The molecule has 0 saturated heterocycles. The van der Waals surface area contributed by atoms with Crippen LogP contribution in [0.3, 0.4) is 0 Å². The molecule has 0 spiro atoms. The summed E-state index contributed by atoms with van der Waals surface area (Å²) in [4.78, 5) is 4.16. The fourth-order valence-electron chi connectivity index (χ4n) is 2.06. The van der Waals surface area contributed by atoms with Crippen LogP contribution in [-0.4, -0.2) is 26.3 Å². The van der Waals surface area contributed by atoms with Gasteiger partial charge < -0.3 is 19.5 Å². The van der Waals surface area contributed by atoms with E-state index in [1.807, 2.05) is 12.1 Å². The van der Waals surface area contributed by atoms with Crippen molar-refractivity contribution in [3.05, 3.63) is 41.6 Å². The first kappa shape index (κ1) is 15.4. The van der Waals surface area contributed by atoms with Crippen molar-refractivity contribution in [3.8, 4) is 23.3 Å². The van der Waals surface area contributed by atoms with E-state index >= 15 is 0 Å². The van der Waals surface area contributed by atoms with Gasteiger partial charge >= 0.3 is 0 Å². The minimum absolute atomic E-state index is 0.475. The summed E-state index contributed by atoms with van der Waals surface area (Å²) in [6.07, 6.45) is 1.64. The van der Waals surface area contributed by atoms with Gasteiger partial charge in [-0.1, -0.05) is 0 Å². The van der Waals surface area contributed by atoms with Crippen molar-refractivity contribution in [1.29, 1.82) is 5.26 Å². The summed E-state index contributed by atoms with van der Waals surface area (Å²) in [6.45, 7) is 0.475. The van der Waals surface area contributed by atoms with Gasteiger partial charge in [0.2, 0.25) is 5.75 Å². The topological polar surface area (TPSA) is 76.4 Å². The smallest absolute Gasteiger partial charge is 0.203 e. The van der Waals surface area contributed by atoms with Gasteiger partial charge in [0.25, 0.3) is 0 Å². The molecule has 0 saturated carbocycles. The molecule has 6 heteroatoms. The predicted octanol–water partition coefficient (Wildman–Crippen LogP) is 2.59. The SMILES string of the molecule is COc1cc(CNc2ncccc2C#N)cc(OC)c1OC. The maximum atomic E-state index is 9.06. The molecular formula is C16H17N3O3. The molecule has 1 N–H and O–H groups in total. The molecule has 0 aliphatic heterocycles. The van der Waals surface area contributed by atoms with Gasteiger partial charge in [-0.15, -0.1) is 0 Å². The van der Waals surface area contributed by atoms with Crippen molar-refractivity contribution < 1.29 is 14.2 Å². The Kier molecular flexibility index (Phi) is 5.04. The highest BCUT2D eigenvalue weighted by Gasteiger charge is 2.13. The Balaban J connectivity index is 2.25. The highest BCUT2D eigenvalue weighted by Crippen LogP contribution is 2.38. The molecule has 0 aliphatic rings. The maximum Gasteiger partial charge on any atom is 0.203 e. The number of anilines is 1. The largest absolute Gasteiger partial charge is 0.493 e. The van der Waals surface area contributed by atoms with Crippen molar-refractivity contribution in [2.75, 3.05) is 26.6 Å². The number of rotatable bonds is 6. The van der Waals surface area contributed by atoms with Crippen LogP contribution < -0.4 is 19.5 Å². The number of nitriles is 1.